The average molecular weight is 148 g/mol. The Morgan fingerprint density at radius 3 is 2.73 bits per heavy atom. The van der Waals surface area contributed by atoms with Crippen molar-refractivity contribution in [3.8, 4) is 0 Å². The Morgan fingerprint density at radius 1 is 1.45 bits per heavy atom. The number of rotatable bonds is 1. The van der Waals surface area contributed by atoms with Crippen LogP contribution in [-0.4, -0.2) is 4.98 Å². The van der Waals surface area contributed by atoms with Crippen LogP contribution in [0.1, 0.15) is 30.0 Å². The van der Waals surface area contributed by atoms with Gasteiger partial charge in [-0.25, -0.2) is 4.98 Å². The van der Waals surface area contributed by atoms with E-state index in [1.807, 2.05) is 6.92 Å². The second kappa shape index (κ2) is 2.22. The maximum atomic E-state index is 5.68. The first kappa shape index (κ1) is 6.65. The van der Waals surface area contributed by atoms with Crippen LogP contribution in [0.5, 0.6) is 0 Å². The van der Waals surface area contributed by atoms with Gasteiger partial charge in [-0.05, 0) is 31.4 Å². The maximum Gasteiger partial charge on any atom is 0.126 e. The van der Waals surface area contributed by atoms with Gasteiger partial charge in [0.1, 0.15) is 5.82 Å². The molecule has 11 heavy (non-hydrogen) atoms. The summed E-state index contributed by atoms with van der Waals surface area (Å²) in [6, 6.07) is 4.14. The molecule has 1 aromatic rings. The van der Waals surface area contributed by atoms with E-state index in [2.05, 4.69) is 17.1 Å². The van der Waals surface area contributed by atoms with E-state index in [4.69, 9.17) is 5.73 Å². The molecule has 0 saturated heterocycles. The molecular weight excluding hydrogens is 136 g/mol. The van der Waals surface area contributed by atoms with Gasteiger partial charge in [-0.3, -0.25) is 0 Å². The molecule has 0 unspecified atom stereocenters. The highest BCUT2D eigenvalue weighted by Crippen LogP contribution is 2.39. The van der Waals surface area contributed by atoms with E-state index >= 15 is 0 Å². The molecule has 1 heterocycles. The third-order valence-corrected chi connectivity index (χ3v) is 2.15. The molecule has 0 aliphatic heterocycles. The van der Waals surface area contributed by atoms with Gasteiger partial charge < -0.3 is 5.73 Å². The van der Waals surface area contributed by atoms with Crippen molar-refractivity contribution in [1.29, 1.82) is 0 Å². The van der Waals surface area contributed by atoms with E-state index < -0.39 is 0 Å². The predicted molar refractivity (Wildman–Crippen MR) is 45.4 cm³/mol. The molecule has 0 spiro atoms. The summed E-state index contributed by atoms with van der Waals surface area (Å²) >= 11 is 0. The van der Waals surface area contributed by atoms with Crippen LogP contribution in [-0.2, 0) is 0 Å². The van der Waals surface area contributed by atoms with E-state index in [0.717, 1.165) is 5.56 Å². The first-order valence-corrected chi connectivity index (χ1v) is 4.00. The quantitative estimate of drug-likeness (QED) is 0.660. The van der Waals surface area contributed by atoms with Crippen molar-refractivity contribution in [1.82, 2.24) is 4.98 Å². The highest BCUT2D eigenvalue weighted by Gasteiger charge is 2.24. The van der Waals surface area contributed by atoms with Gasteiger partial charge in [0.25, 0.3) is 0 Å². The van der Waals surface area contributed by atoms with Crippen molar-refractivity contribution in [2.24, 2.45) is 0 Å². The van der Waals surface area contributed by atoms with E-state index in [1.54, 1.807) is 0 Å². The molecule has 2 nitrogen and oxygen atoms in total. The number of hydrogen-bond donors (Lipinski definition) is 1. The summed E-state index contributed by atoms with van der Waals surface area (Å²) in [5.74, 6) is 1.40. The first-order valence-electron chi connectivity index (χ1n) is 4.00. The van der Waals surface area contributed by atoms with Gasteiger partial charge in [0, 0.05) is 11.6 Å². The van der Waals surface area contributed by atoms with Crippen LogP contribution < -0.4 is 5.73 Å². The highest BCUT2D eigenvalue weighted by atomic mass is 14.9. The van der Waals surface area contributed by atoms with Crippen LogP contribution in [0.15, 0.2) is 12.1 Å². The Bertz CT molecular complexity index is 277. The molecular formula is C9H12N2. The van der Waals surface area contributed by atoms with Crippen LogP contribution in [0, 0.1) is 6.92 Å². The number of pyridine rings is 1. The minimum Gasteiger partial charge on any atom is -0.383 e. The lowest BCUT2D eigenvalue weighted by Gasteiger charge is -2.01. The van der Waals surface area contributed by atoms with Gasteiger partial charge in [0.05, 0.1) is 0 Å². The summed E-state index contributed by atoms with van der Waals surface area (Å²) in [6.45, 7) is 1.99. The van der Waals surface area contributed by atoms with Gasteiger partial charge in [0.15, 0.2) is 0 Å². The number of anilines is 1. The monoisotopic (exact) mass is 148 g/mol. The average Bonchev–Trinajstić information content (AvgIpc) is 2.77. The van der Waals surface area contributed by atoms with Crippen molar-refractivity contribution in [2.45, 2.75) is 25.7 Å². The molecule has 1 aliphatic carbocycles. The third kappa shape index (κ3) is 1.20. The molecule has 1 aromatic heterocycles. The Labute approximate surface area is 66.4 Å². The van der Waals surface area contributed by atoms with Crippen LogP contribution in [0.2, 0.25) is 0 Å². The zero-order valence-corrected chi connectivity index (χ0v) is 6.67. The van der Waals surface area contributed by atoms with E-state index in [-0.39, 0.29) is 0 Å². The molecule has 0 radical (unpaired) electrons. The summed E-state index contributed by atoms with van der Waals surface area (Å²) in [6.07, 6.45) is 2.57. The van der Waals surface area contributed by atoms with Crippen LogP contribution in [0.4, 0.5) is 5.82 Å². The summed E-state index contributed by atoms with van der Waals surface area (Å²) in [4.78, 5) is 4.31. The van der Waals surface area contributed by atoms with Gasteiger partial charge in [0.2, 0.25) is 0 Å². The van der Waals surface area contributed by atoms with Crippen molar-refractivity contribution in [2.75, 3.05) is 5.73 Å². The molecule has 0 aromatic carbocycles. The number of aromatic nitrogens is 1. The number of nitrogens with zero attached hydrogens (tertiary/aromatic N) is 1. The van der Waals surface area contributed by atoms with Crippen molar-refractivity contribution >= 4 is 5.82 Å². The minimum absolute atomic E-state index is 0.689. The van der Waals surface area contributed by atoms with Gasteiger partial charge >= 0.3 is 0 Å². The second-order valence-corrected chi connectivity index (χ2v) is 3.21. The molecule has 0 bridgehead atoms. The lowest BCUT2D eigenvalue weighted by molar-refractivity contribution is 1.02. The third-order valence-electron chi connectivity index (χ3n) is 2.15. The van der Waals surface area contributed by atoms with Gasteiger partial charge in [-0.1, -0.05) is 6.07 Å². The predicted octanol–water partition coefficient (Wildman–Crippen LogP) is 1.85. The largest absolute Gasteiger partial charge is 0.383 e. The van der Waals surface area contributed by atoms with E-state index in [0.29, 0.717) is 11.7 Å². The SMILES string of the molecule is Cc1ccc(C2CC2)nc1N. The van der Waals surface area contributed by atoms with Gasteiger partial charge in [-0.2, -0.15) is 0 Å². The fourth-order valence-corrected chi connectivity index (χ4v) is 1.17. The maximum absolute atomic E-state index is 5.68. The van der Waals surface area contributed by atoms with Crippen molar-refractivity contribution < 1.29 is 0 Å². The summed E-state index contributed by atoms with van der Waals surface area (Å²) in [7, 11) is 0. The Kier molecular flexibility index (Phi) is 1.34. The molecule has 1 aliphatic rings. The second-order valence-electron chi connectivity index (χ2n) is 3.21. The van der Waals surface area contributed by atoms with E-state index in [1.165, 1.54) is 18.5 Å². The Morgan fingerprint density at radius 2 is 2.18 bits per heavy atom. The zero-order chi connectivity index (χ0) is 7.84. The van der Waals surface area contributed by atoms with Crippen LogP contribution in [0.3, 0.4) is 0 Å². The summed E-state index contributed by atoms with van der Waals surface area (Å²) in [5.41, 5.74) is 7.93. The lowest BCUT2D eigenvalue weighted by Crippen LogP contribution is -1.96. The zero-order valence-electron chi connectivity index (χ0n) is 6.67. The lowest BCUT2D eigenvalue weighted by atomic mass is 10.2. The van der Waals surface area contributed by atoms with Crippen molar-refractivity contribution in [3.63, 3.8) is 0 Å². The summed E-state index contributed by atoms with van der Waals surface area (Å²) < 4.78 is 0. The van der Waals surface area contributed by atoms with Gasteiger partial charge in [-0.15, -0.1) is 0 Å². The van der Waals surface area contributed by atoms with Crippen LogP contribution >= 0.6 is 0 Å². The standard InChI is InChI=1S/C9H12N2/c1-6-2-5-8(7-3-4-7)11-9(6)10/h2,5,7H,3-4H2,1H3,(H2,10,11). The van der Waals surface area contributed by atoms with E-state index in [9.17, 15) is 0 Å². The molecule has 1 saturated carbocycles. The molecule has 2 rings (SSSR count). The molecule has 0 atom stereocenters. The molecule has 58 valence electrons. The summed E-state index contributed by atoms with van der Waals surface area (Å²) in [5, 5.41) is 0. The Hall–Kier alpha value is -1.05. The fraction of sp³-hybridized carbons (Fsp3) is 0.444. The first-order chi connectivity index (χ1) is 5.27. The molecule has 2 heteroatoms. The molecule has 2 N–H and O–H groups in total. The number of nitrogens with two attached hydrogens (primary N) is 1. The number of aryl methyl sites for hydroxylation is 1. The molecule has 1 fully saturated rings. The smallest absolute Gasteiger partial charge is 0.126 e. The minimum atomic E-state index is 0.689. The number of nitrogen functional groups attached to an aromatic ring is 1. The highest BCUT2D eigenvalue weighted by molar-refractivity contribution is 5.40. The Balaban J connectivity index is 2.36. The number of hydrogen-bond acceptors (Lipinski definition) is 2. The van der Waals surface area contributed by atoms with Crippen molar-refractivity contribution in [3.05, 3.63) is 23.4 Å². The normalized spacial score (nSPS) is 16.8. The fourth-order valence-electron chi connectivity index (χ4n) is 1.17. The van der Waals surface area contributed by atoms with Crippen LogP contribution in [0.25, 0.3) is 0 Å². The molecule has 0 amide bonds. The topological polar surface area (TPSA) is 38.9 Å².